The summed E-state index contributed by atoms with van der Waals surface area (Å²) in [4.78, 5) is 33.2. The first-order valence-electron chi connectivity index (χ1n) is 13.8. The zero-order chi connectivity index (χ0) is 28.8. The molecule has 1 N–H and O–H groups in total. The topological polar surface area (TPSA) is 70.0 Å². The highest BCUT2D eigenvalue weighted by Crippen LogP contribution is 2.50. The second-order valence-corrected chi connectivity index (χ2v) is 14.3. The molecule has 2 aromatic carbocycles. The van der Waals surface area contributed by atoms with Gasteiger partial charge in [-0.15, -0.1) is 0 Å². The average Bonchev–Trinajstić information content (AvgIpc) is 3.10. The third-order valence-electron chi connectivity index (χ3n) is 8.36. The van der Waals surface area contributed by atoms with Gasteiger partial charge in [0.25, 0.3) is 5.91 Å². The minimum absolute atomic E-state index is 0.0588. The Bertz CT molecular complexity index is 1240. The van der Waals surface area contributed by atoms with Crippen molar-refractivity contribution in [2.75, 3.05) is 0 Å². The molecule has 1 aliphatic carbocycles. The van der Waals surface area contributed by atoms with Gasteiger partial charge in [0.1, 0.15) is 11.4 Å². The summed E-state index contributed by atoms with van der Waals surface area (Å²) < 4.78 is 0. The number of amides is 1. The van der Waals surface area contributed by atoms with E-state index < -0.39 is 11.6 Å². The average molecular weight is 572 g/mol. The van der Waals surface area contributed by atoms with Gasteiger partial charge in [0.2, 0.25) is 0 Å². The number of carboxylic acids is 1. The smallest absolute Gasteiger partial charge is 0.335 e. The van der Waals surface area contributed by atoms with Crippen molar-refractivity contribution in [1.29, 1.82) is 0 Å². The van der Waals surface area contributed by atoms with Crippen LogP contribution in [0, 0.1) is 16.7 Å². The molecule has 0 saturated heterocycles. The van der Waals surface area contributed by atoms with Crippen molar-refractivity contribution in [3.05, 3.63) is 69.2 Å². The normalized spacial score (nSPS) is 22.8. The number of carbonyl (C=O) groups is 2. The van der Waals surface area contributed by atoms with Gasteiger partial charge < -0.3 is 10.0 Å². The second-order valence-electron chi connectivity index (χ2n) is 13.5. The van der Waals surface area contributed by atoms with Crippen molar-refractivity contribution in [3.63, 3.8) is 0 Å². The first-order chi connectivity index (χ1) is 18.1. The number of aliphatic imine (C=N–C) groups is 1. The molecule has 0 radical (unpaired) electrons. The summed E-state index contributed by atoms with van der Waals surface area (Å²) in [5.41, 5.74) is 1.76. The molecule has 0 aromatic heterocycles. The Morgan fingerprint density at radius 3 is 2.08 bits per heavy atom. The summed E-state index contributed by atoms with van der Waals surface area (Å²) in [7, 11) is 0. The van der Waals surface area contributed by atoms with Gasteiger partial charge in [-0.2, -0.15) is 0 Å². The van der Waals surface area contributed by atoms with Crippen LogP contribution in [0.1, 0.15) is 108 Å². The van der Waals surface area contributed by atoms with Gasteiger partial charge in [-0.25, -0.2) is 4.79 Å². The molecule has 210 valence electrons. The van der Waals surface area contributed by atoms with Crippen LogP contribution in [0.15, 0.2) is 47.5 Å². The van der Waals surface area contributed by atoms with Gasteiger partial charge >= 0.3 is 5.97 Å². The van der Waals surface area contributed by atoms with Crippen LogP contribution in [0.5, 0.6) is 0 Å². The van der Waals surface area contributed by atoms with Crippen LogP contribution >= 0.6 is 23.2 Å². The maximum absolute atomic E-state index is 14.4. The predicted molar refractivity (Wildman–Crippen MR) is 159 cm³/mol. The maximum Gasteiger partial charge on any atom is 0.335 e. The highest BCUT2D eigenvalue weighted by Gasteiger charge is 2.52. The maximum atomic E-state index is 14.4. The minimum Gasteiger partial charge on any atom is -0.478 e. The first kappa shape index (κ1) is 29.6. The number of hydrogen-bond donors (Lipinski definition) is 1. The summed E-state index contributed by atoms with van der Waals surface area (Å²) in [5, 5.41) is 10.4. The summed E-state index contributed by atoms with van der Waals surface area (Å²) in [5.74, 6) is -0.544. The lowest BCUT2D eigenvalue weighted by Gasteiger charge is -2.47. The molecule has 2 aliphatic rings. The molecule has 39 heavy (non-hydrogen) atoms. The Kier molecular flexibility index (Phi) is 8.27. The molecule has 5 nitrogen and oxygen atoms in total. The highest BCUT2D eigenvalue weighted by molar-refractivity contribution is 6.47. The van der Waals surface area contributed by atoms with Crippen LogP contribution in [0.3, 0.4) is 0 Å². The van der Waals surface area contributed by atoms with E-state index in [4.69, 9.17) is 28.2 Å². The van der Waals surface area contributed by atoms with Crippen LogP contribution in [0.2, 0.25) is 10.0 Å². The second kappa shape index (κ2) is 10.9. The number of halogens is 2. The van der Waals surface area contributed by atoms with E-state index in [2.05, 4.69) is 41.5 Å². The van der Waals surface area contributed by atoms with Crippen LogP contribution in [-0.2, 0) is 4.79 Å². The first-order valence-corrected chi connectivity index (χ1v) is 14.6. The molecule has 7 heteroatoms. The summed E-state index contributed by atoms with van der Waals surface area (Å²) in [6, 6.07) is 11.9. The Morgan fingerprint density at radius 2 is 1.59 bits per heavy atom. The molecule has 1 heterocycles. The van der Waals surface area contributed by atoms with E-state index >= 15 is 0 Å². The Hall–Kier alpha value is -2.37. The molecule has 2 aromatic rings. The molecule has 1 saturated carbocycles. The van der Waals surface area contributed by atoms with Crippen LogP contribution in [0.25, 0.3) is 0 Å². The molecule has 0 unspecified atom stereocenters. The standard InChI is InChI=1S/C32H40Cl2N2O3/c1-30(2,3)14-13-26(20-7-9-21(10-8-20)29(38)39)36-28(37)27(22-17-24(33)19-25(34)18-22)35-32(36)15-11-23(12-16-32)31(4,5)6/h7-10,17-19,23,26H,11-16H2,1-6H3,(H,38,39)/t23?,26-,32?/m1/s1. The van der Waals surface area contributed by atoms with E-state index in [1.165, 1.54) is 0 Å². The third kappa shape index (κ3) is 6.52. The van der Waals surface area contributed by atoms with Crippen LogP contribution in [0.4, 0.5) is 0 Å². The quantitative estimate of drug-likeness (QED) is 0.377. The van der Waals surface area contributed by atoms with Crippen LogP contribution < -0.4 is 0 Å². The van der Waals surface area contributed by atoms with Crippen molar-refractivity contribution in [1.82, 2.24) is 4.90 Å². The molecule has 4 rings (SSSR count). The summed E-state index contributed by atoms with van der Waals surface area (Å²) >= 11 is 12.7. The molecular weight excluding hydrogens is 531 g/mol. The fourth-order valence-corrected chi connectivity index (χ4v) is 6.61. The van der Waals surface area contributed by atoms with E-state index in [9.17, 15) is 14.7 Å². The fourth-order valence-electron chi connectivity index (χ4n) is 6.08. The van der Waals surface area contributed by atoms with E-state index in [1.54, 1.807) is 30.3 Å². The molecule has 1 spiro atoms. The SMILES string of the molecule is CC(C)(C)CC[C@H](c1ccc(C(=O)O)cc1)N1C(=O)C(c2cc(Cl)cc(Cl)c2)=NC12CCC(C(C)(C)C)CC2. The largest absolute Gasteiger partial charge is 0.478 e. The zero-order valence-corrected chi connectivity index (χ0v) is 25.4. The number of rotatable bonds is 6. The van der Waals surface area contributed by atoms with Gasteiger partial charge in [0.15, 0.2) is 0 Å². The highest BCUT2D eigenvalue weighted by atomic mass is 35.5. The predicted octanol–water partition coefficient (Wildman–Crippen LogP) is 8.82. The van der Waals surface area contributed by atoms with E-state index in [0.717, 1.165) is 44.1 Å². The van der Waals surface area contributed by atoms with E-state index in [0.29, 0.717) is 27.2 Å². The monoisotopic (exact) mass is 570 g/mol. The third-order valence-corrected chi connectivity index (χ3v) is 8.80. The van der Waals surface area contributed by atoms with Crippen molar-refractivity contribution in [3.8, 4) is 0 Å². The van der Waals surface area contributed by atoms with Gasteiger partial charge in [-0.1, -0.05) is 76.9 Å². The number of nitrogens with zero attached hydrogens (tertiary/aromatic N) is 2. The lowest BCUT2D eigenvalue weighted by atomic mass is 9.69. The molecule has 1 aliphatic heterocycles. The van der Waals surface area contributed by atoms with E-state index in [1.807, 2.05) is 17.0 Å². The lowest BCUT2D eigenvalue weighted by Crippen LogP contribution is -2.51. The zero-order valence-electron chi connectivity index (χ0n) is 23.9. The number of benzene rings is 2. The lowest BCUT2D eigenvalue weighted by molar-refractivity contribution is -0.134. The van der Waals surface area contributed by atoms with Gasteiger partial charge in [0, 0.05) is 15.6 Å². The van der Waals surface area contributed by atoms with Crippen molar-refractivity contribution in [2.24, 2.45) is 21.7 Å². The van der Waals surface area contributed by atoms with Gasteiger partial charge in [-0.3, -0.25) is 9.79 Å². The number of aromatic carboxylic acids is 1. The van der Waals surface area contributed by atoms with Gasteiger partial charge in [0.05, 0.1) is 11.6 Å². The molecule has 1 amide bonds. The van der Waals surface area contributed by atoms with E-state index in [-0.39, 0.29) is 28.3 Å². The molecule has 1 fully saturated rings. The molecular formula is C32H40Cl2N2O3. The number of carbonyl (C=O) groups excluding carboxylic acids is 1. The van der Waals surface area contributed by atoms with Crippen molar-refractivity contribution in [2.45, 2.75) is 91.8 Å². The summed E-state index contributed by atoms with van der Waals surface area (Å²) in [6.45, 7) is 13.4. The Morgan fingerprint density at radius 1 is 1.03 bits per heavy atom. The minimum atomic E-state index is -0.967. The summed E-state index contributed by atoms with van der Waals surface area (Å²) in [6.07, 6.45) is 5.14. The number of carboxylic acid groups (broad SMARTS) is 1. The van der Waals surface area contributed by atoms with Crippen molar-refractivity contribution >= 4 is 40.8 Å². The fraction of sp³-hybridized carbons (Fsp3) is 0.531. The Balaban J connectivity index is 1.82. The number of hydrogen-bond acceptors (Lipinski definition) is 3. The molecule has 1 atom stereocenters. The Labute approximate surface area is 242 Å². The van der Waals surface area contributed by atoms with Crippen LogP contribution in [-0.4, -0.2) is 33.3 Å². The van der Waals surface area contributed by atoms with Crippen molar-refractivity contribution < 1.29 is 14.7 Å². The van der Waals surface area contributed by atoms with Gasteiger partial charge in [-0.05, 0) is 91.2 Å². The molecule has 0 bridgehead atoms.